The van der Waals surface area contributed by atoms with E-state index in [0.717, 1.165) is 36.6 Å². The van der Waals surface area contributed by atoms with Gasteiger partial charge < -0.3 is 9.30 Å². The summed E-state index contributed by atoms with van der Waals surface area (Å²) in [6.07, 6.45) is 8.49. The molecule has 0 aliphatic carbocycles. The zero-order valence-electron chi connectivity index (χ0n) is 14.7. The average Bonchev–Trinajstić information content (AvgIpc) is 3.11. The summed E-state index contributed by atoms with van der Waals surface area (Å²) >= 11 is 11.9. The van der Waals surface area contributed by atoms with Crippen LogP contribution in [0.3, 0.4) is 0 Å². The molecule has 0 saturated heterocycles. The first-order chi connectivity index (χ1) is 12.5. The first-order valence-corrected chi connectivity index (χ1v) is 9.43. The molecule has 1 atom stereocenters. The molecule has 1 unspecified atom stereocenters. The van der Waals surface area contributed by atoms with Crippen LogP contribution in [0.5, 0.6) is 5.75 Å². The molecule has 3 rings (SSSR count). The zero-order chi connectivity index (χ0) is 18.4. The first-order valence-electron chi connectivity index (χ1n) is 8.67. The van der Waals surface area contributed by atoms with Gasteiger partial charge in [-0.25, -0.2) is 4.98 Å². The van der Waals surface area contributed by atoms with Crippen molar-refractivity contribution >= 4 is 23.2 Å². The minimum Gasteiger partial charge on any atom is -0.486 e. The van der Waals surface area contributed by atoms with E-state index in [1.54, 1.807) is 6.20 Å². The van der Waals surface area contributed by atoms with Crippen LogP contribution in [0, 0.1) is 0 Å². The number of aromatic nitrogens is 2. The van der Waals surface area contributed by atoms with Crippen molar-refractivity contribution in [1.82, 2.24) is 9.55 Å². The molecule has 0 radical (unpaired) electrons. The lowest BCUT2D eigenvalue weighted by molar-refractivity contribution is 0.0582. The SMILES string of the molecule is CC(CCCc1ccc(Cl)cc1)(Cn1ccnc1)Oc1ccc(Cl)cc1. The molecule has 0 N–H and O–H groups in total. The fourth-order valence-electron chi connectivity index (χ4n) is 3.03. The number of benzene rings is 2. The Labute approximate surface area is 164 Å². The van der Waals surface area contributed by atoms with Crippen molar-refractivity contribution in [2.75, 3.05) is 0 Å². The van der Waals surface area contributed by atoms with Gasteiger partial charge >= 0.3 is 0 Å². The van der Waals surface area contributed by atoms with Crippen LogP contribution < -0.4 is 4.74 Å². The van der Waals surface area contributed by atoms with E-state index in [0.29, 0.717) is 5.02 Å². The minimum atomic E-state index is -0.346. The van der Waals surface area contributed by atoms with Crippen molar-refractivity contribution in [2.45, 2.75) is 38.3 Å². The highest BCUT2D eigenvalue weighted by Gasteiger charge is 2.27. The molecule has 3 nitrogen and oxygen atoms in total. The number of aryl methyl sites for hydroxylation is 1. The third kappa shape index (κ3) is 5.52. The number of hydrogen-bond acceptors (Lipinski definition) is 2. The van der Waals surface area contributed by atoms with Gasteiger partial charge in [0.15, 0.2) is 0 Å². The summed E-state index contributed by atoms with van der Waals surface area (Å²) in [7, 11) is 0. The lowest BCUT2D eigenvalue weighted by atomic mass is 9.96. The molecule has 0 bridgehead atoms. The van der Waals surface area contributed by atoms with Crippen LogP contribution in [0.4, 0.5) is 0 Å². The molecule has 0 saturated carbocycles. The molecule has 3 aromatic rings. The van der Waals surface area contributed by atoms with Crippen molar-refractivity contribution in [3.63, 3.8) is 0 Å². The largest absolute Gasteiger partial charge is 0.486 e. The molecule has 0 spiro atoms. The van der Waals surface area contributed by atoms with E-state index < -0.39 is 0 Å². The van der Waals surface area contributed by atoms with Gasteiger partial charge in [-0.15, -0.1) is 0 Å². The Kier molecular flexibility index (Phi) is 6.23. The highest BCUT2D eigenvalue weighted by Crippen LogP contribution is 2.26. The standard InChI is InChI=1S/C21H22Cl2N2O/c1-21(15-25-14-13-24-16-25,26-20-10-8-19(23)9-11-20)12-2-3-17-4-6-18(22)7-5-17/h4-11,13-14,16H,2-3,12,15H2,1H3. The Bertz CT molecular complexity index is 801. The zero-order valence-corrected chi connectivity index (χ0v) is 16.2. The summed E-state index contributed by atoms with van der Waals surface area (Å²) in [5, 5.41) is 1.47. The molecule has 2 aromatic carbocycles. The van der Waals surface area contributed by atoms with Crippen LogP contribution in [0.25, 0.3) is 0 Å². The van der Waals surface area contributed by atoms with Crippen molar-refractivity contribution < 1.29 is 4.74 Å². The van der Waals surface area contributed by atoms with Crippen LogP contribution in [-0.4, -0.2) is 15.2 Å². The Morgan fingerprint density at radius 1 is 1.00 bits per heavy atom. The number of hydrogen-bond donors (Lipinski definition) is 0. The molecule has 26 heavy (non-hydrogen) atoms. The fraction of sp³-hybridized carbons (Fsp3) is 0.286. The maximum atomic E-state index is 6.36. The predicted molar refractivity (Wildman–Crippen MR) is 107 cm³/mol. The fourth-order valence-corrected chi connectivity index (χ4v) is 3.29. The second kappa shape index (κ2) is 8.61. The van der Waals surface area contributed by atoms with Crippen molar-refractivity contribution in [2.24, 2.45) is 0 Å². The van der Waals surface area contributed by atoms with Gasteiger partial charge in [0.05, 0.1) is 12.9 Å². The van der Waals surface area contributed by atoms with Crippen LogP contribution in [0.1, 0.15) is 25.3 Å². The smallest absolute Gasteiger partial charge is 0.124 e. The summed E-state index contributed by atoms with van der Waals surface area (Å²) in [6, 6.07) is 15.6. The third-order valence-corrected chi connectivity index (χ3v) is 4.84. The van der Waals surface area contributed by atoms with Crippen molar-refractivity contribution in [3.05, 3.63) is 82.9 Å². The summed E-state index contributed by atoms with van der Waals surface area (Å²) in [4.78, 5) is 4.14. The van der Waals surface area contributed by atoms with Gasteiger partial charge in [-0.2, -0.15) is 0 Å². The number of ether oxygens (including phenoxy) is 1. The van der Waals surface area contributed by atoms with Crippen LogP contribution in [0.2, 0.25) is 10.0 Å². The highest BCUT2D eigenvalue weighted by atomic mass is 35.5. The highest BCUT2D eigenvalue weighted by molar-refractivity contribution is 6.30. The lowest BCUT2D eigenvalue weighted by Gasteiger charge is -2.31. The van der Waals surface area contributed by atoms with E-state index >= 15 is 0 Å². The normalized spacial score (nSPS) is 13.3. The Morgan fingerprint density at radius 2 is 1.65 bits per heavy atom. The molecule has 136 valence electrons. The Balaban J connectivity index is 1.67. The maximum Gasteiger partial charge on any atom is 0.124 e. The van der Waals surface area contributed by atoms with Crippen LogP contribution in [0.15, 0.2) is 67.3 Å². The molecule has 1 aromatic heterocycles. The molecule has 0 aliphatic rings. The first kappa shape index (κ1) is 18.8. The van der Waals surface area contributed by atoms with Gasteiger partial charge in [0.1, 0.15) is 11.4 Å². The summed E-state index contributed by atoms with van der Waals surface area (Å²) in [5.74, 6) is 0.823. The van der Waals surface area contributed by atoms with Crippen molar-refractivity contribution in [1.29, 1.82) is 0 Å². The van der Waals surface area contributed by atoms with Gasteiger partial charge in [0.25, 0.3) is 0 Å². The summed E-state index contributed by atoms with van der Waals surface area (Å²) in [5.41, 5.74) is 0.937. The van der Waals surface area contributed by atoms with Gasteiger partial charge in [-0.3, -0.25) is 0 Å². The average molecular weight is 389 g/mol. The monoisotopic (exact) mass is 388 g/mol. The van der Waals surface area contributed by atoms with Crippen LogP contribution >= 0.6 is 23.2 Å². The number of rotatable bonds is 8. The lowest BCUT2D eigenvalue weighted by Crippen LogP contribution is -2.37. The van der Waals surface area contributed by atoms with E-state index in [1.807, 2.05) is 48.9 Å². The van der Waals surface area contributed by atoms with Gasteiger partial charge in [-0.1, -0.05) is 35.3 Å². The number of imidazole rings is 1. The molecule has 1 heterocycles. The Hall–Kier alpha value is -1.97. The second-order valence-electron chi connectivity index (χ2n) is 6.72. The molecular formula is C21H22Cl2N2O. The van der Waals surface area contributed by atoms with Gasteiger partial charge in [-0.05, 0) is 68.1 Å². The molecule has 0 amide bonds. The minimum absolute atomic E-state index is 0.346. The predicted octanol–water partition coefficient (Wildman–Crippen LogP) is 6.05. The molecule has 0 fully saturated rings. The topological polar surface area (TPSA) is 27.1 Å². The quantitative estimate of drug-likeness (QED) is 0.469. The second-order valence-corrected chi connectivity index (χ2v) is 7.59. The van der Waals surface area contributed by atoms with Crippen molar-refractivity contribution in [3.8, 4) is 5.75 Å². The van der Waals surface area contributed by atoms with E-state index in [9.17, 15) is 0 Å². The third-order valence-electron chi connectivity index (χ3n) is 4.34. The maximum absolute atomic E-state index is 6.36. The van der Waals surface area contributed by atoms with E-state index in [4.69, 9.17) is 27.9 Å². The molecule has 0 aliphatic heterocycles. The molecule has 5 heteroatoms. The molecular weight excluding hydrogens is 367 g/mol. The van der Waals surface area contributed by atoms with E-state index in [2.05, 4.69) is 28.6 Å². The van der Waals surface area contributed by atoms with Gasteiger partial charge in [0, 0.05) is 22.4 Å². The summed E-state index contributed by atoms with van der Waals surface area (Å²) < 4.78 is 8.41. The van der Waals surface area contributed by atoms with E-state index in [-0.39, 0.29) is 5.60 Å². The summed E-state index contributed by atoms with van der Waals surface area (Å²) in [6.45, 7) is 2.87. The van der Waals surface area contributed by atoms with E-state index in [1.165, 1.54) is 5.56 Å². The van der Waals surface area contributed by atoms with Gasteiger partial charge in [0.2, 0.25) is 0 Å². The Morgan fingerprint density at radius 3 is 2.27 bits per heavy atom. The number of halogens is 2. The number of nitrogens with zero attached hydrogens (tertiary/aromatic N) is 2. The van der Waals surface area contributed by atoms with Crippen LogP contribution in [-0.2, 0) is 13.0 Å².